The van der Waals surface area contributed by atoms with Crippen molar-refractivity contribution in [3.63, 3.8) is 0 Å². The molecule has 3 N–H and O–H groups in total. The Labute approximate surface area is 214 Å². The van der Waals surface area contributed by atoms with Crippen molar-refractivity contribution in [2.75, 3.05) is 24.3 Å². The zero-order valence-electron chi connectivity index (χ0n) is 20.5. The molecule has 1 saturated carbocycles. The molecule has 13 heteroatoms. The van der Waals surface area contributed by atoms with Crippen LogP contribution in [-0.2, 0) is 4.79 Å². The van der Waals surface area contributed by atoms with Gasteiger partial charge >= 0.3 is 12.1 Å². The summed E-state index contributed by atoms with van der Waals surface area (Å²) >= 11 is 0. The highest BCUT2D eigenvalue weighted by Crippen LogP contribution is 2.26. The molecule has 204 valence electrons. The number of benzene rings is 2. The number of aromatic nitrogens is 2. The Morgan fingerprint density at radius 1 is 0.947 bits per heavy atom. The Morgan fingerprint density at radius 3 is 2.16 bits per heavy atom. The van der Waals surface area contributed by atoms with Gasteiger partial charge in [0, 0.05) is 31.6 Å². The number of nitrogens with one attached hydrogen (secondary N) is 2. The molecule has 38 heavy (non-hydrogen) atoms. The lowest BCUT2D eigenvalue weighted by molar-refractivity contribution is -0.192. The Morgan fingerprint density at radius 2 is 1.55 bits per heavy atom. The molecule has 0 saturated heterocycles. The van der Waals surface area contributed by atoms with Crippen LogP contribution < -0.4 is 15.5 Å². The summed E-state index contributed by atoms with van der Waals surface area (Å²) in [7, 11) is 3.90. The average molecular weight is 540 g/mol. The smallest absolute Gasteiger partial charge is 0.475 e. The first-order valence-electron chi connectivity index (χ1n) is 11.6. The highest BCUT2D eigenvalue weighted by molar-refractivity contribution is 5.94. The molecule has 0 radical (unpaired) electrons. The molecule has 4 rings (SSSR count). The van der Waals surface area contributed by atoms with E-state index in [2.05, 4.69) is 20.6 Å². The number of alkyl halides is 3. The maximum atomic E-state index is 13.8. The van der Waals surface area contributed by atoms with Crippen molar-refractivity contribution in [1.82, 2.24) is 15.3 Å². The topological polar surface area (TPSA) is 107 Å². The normalized spacial score (nSPS) is 17.2. The Balaban J connectivity index is 0.000000505. The van der Waals surface area contributed by atoms with Gasteiger partial charge in [-0.25, -0.2) is 18.6 Å². The van der Waals surface area contributed by atoms with E-state index in [-0.39, 0.29) is 17.6 Å². The van der Waals surface area contributed by atoms with Crippen LogP contribution in [0.15, 0.2) is 42.5 Å². The van der Waals surface area contributed by atoms with Crippen LogP contribution in [0.1, 0.15) is 36.0 Å². The van der Waals surface area contributed by atoms with Crippen LogP contribution in [0, 0.1) is 11.6 Å². The highest BCUT2D eigenvalue weighted by atomic mass is 19.4. The summed E-state index contributed by atoms with van der Waals surface area (Å²) in [5.74, 6) is -4.04. The fourth-order valence-electron chi connectivity index (χ4n) is 3.97. The molecule has 1 heterocycles. The van der Waals surface area contributed by atoms with Crippen molar-refractivity contribution in [3.05, 3.63) is 59.7 Å². The maximum Gasteiger partial charge on any atom is 0.490 e. The molecular weight excluding hydrogens is 513 g/mol. The first-order chi connectivity index (χ1) is 17.9. The van der Waals surface area contributed by atoms with E-state index in [0.29, 0.717) is 5.95 Å². The number of rotatable bonds is 5. The first-order valence-corrected chi connectivity index (χ1v) is 11.6. The number of amides is 1. The average Bonchev–Trinajstić information content (AvgIpc) is 2.86. The quantitative estimate of drug-likeness (QED) is 0.402. The molecule has 0 unspecified atom stereocenters. The van der Waals surface area contributed by atoms with Crippen molar-refractivity contribution in [1.29, 1.82) is 0 Å². The zero-order chi connectivity index (χ0) is 28.0. The molecule has 0 bridgehead atoms. The number of hydrogen-bond acceptors (Lipinski definition) is 6. The van der Waals surface area contributed by atoms with E-state index in [1.54, 1.807) is 0 Å². The van der Waals surface area contributed by atoms with Crippen molar-refractivity contribution >= 4 is 34.5 Å². The lowest BCUT2D eigenvalue weighted by Gasteiger charge is -2.30. The summed E-state index contributed by atoms with van der Waals surface area (Å²) in [5.41, 5.74) is 0.614. The van der Waals surface area contributed by atoms with Gasteiger partial charge in [-0.15, -0.1) is 0 Å². The lowest BCUT2D eigenvalue weighted by Crippen LogP contribution is -2.40. The third-order valence-corrected chi connectivity index (χ3v) is 5.84. The van der Waals surface area contributed by atoms with Gasteiger partial charge < -0.3 is 20.6 Å². The van der Waals surface area contributed by atoms with Crippen LogP contribution >= 0.6 is 0 Å². The Bertz CT molecular complexity index is 1290. The van der Waals surface area contributed by atoms with Gasteiger partial charge in [0.05, 0.1) is 11.1 Å². The number of fused-ring (bicyclic) bond motifs is 1. The molecule has 0 spiro atoms. The minimum atomic E-state index is -5.08. The second-order valence-electron chi connectivity index (χ2n) is 8.85. The van der Waals surface area contributed by atoms with Crippen molar-refractivity contribution in [2.24, 2.45) is 0 Å². The fraction of sp³-hybridized carbons (Fsp3) is 0.360. The van der Waals surface area contributed by atoms with Crippen LogP contribution in [0.2, 0.25) is 0 Å². The molecule has 3 aromatic rings. The van der Waals surface area contributed by atoms with E-state index in [9.17, 15) is 26.7 Å². The summed E-state index contributed by atoms with van der Waals surface area (Å²) in [6.45, 7) is 0. The van der Waals surface area contributed by atoms with Gasteiger partial charge in [-0.05, 0) is 49.9 Å². The van der Waals surface area contributed by atoms with Gasteiger partial charge in [0.1, 0.15) is 5.82 Å². The number of carboxylic acids is 1. The van der Waals surface area contributed by atoms with E-state index in [1.807, 2.05) is 43.3 Å². The van der Waals surface area contributed by atoms with Crippen molar-refractivity contribution in [3.8, 4) is 0 Å². The van der Waals surface area contributed by atoms with E-state index >= 15 is 0 Å². The van der Waals surface area contributed by atoms with E-state index in [0.717, 1.165) is 48.5 Å². The Kier molecular flexibility index (Phi) is 9.02. The molecule has 2 aromatic carbocycles. The minimum Gasteiger partial charge on any atom is -0.475 e. The molecule has 0 atom stereocenters. The number of hydrogen-bond donors (Lipinski definition) is 3. The molecule has 1 aromatic heterocycles. The van der Waals surface area contributed by atoms with Gasteiger partial charge in [0.25, 0.3) is 5.91 Å². The van der Waals surface area contributed by atoms with Crippen LogP contribution in [0.25, 0.3) is 10.9 Å². The summed E-state index contributed by atoms with van der Waals surface area (Å²) in [6.07, 6.45) is -2.00. The zero-order valence-corrected chi connectivity index (χ0v) is 20.5. The van der Waals surface area contributed by atoms with Gasteiger partial charge in [0.15, 0.2) is 11.6 Å². The van der Waals surface area contributed by atoms with Gasteiger partial charge in [-0.1, -0.05) is 18.2 Å². The Hall–Kier alpha value is -4.03. The number of carbonyl (C=O) groups is 2. The monoisotopic (exact) mass is 539 g/mol. The predicted octanol–water partition coefficient (Wildman–Crippen LogP) is 4.76. The van der Waals surface area contributed by atoms with E-state index in [4.69, 9.17) is 9.90 Å². The van der Waals surface area contributed by atoms with Crippen LogP contribution in [0.4, 0.5) is 33.7 Å². The molecule has 1 amide bonds. The second-order valence-corrected chi connectivity index (χ2v) is 8.85. The molecular formula is C25H26F5N5O3. The van der Waals surface area contributed by atoms with Crippen molar-refractivity contribution in [2.45, 2.75) is 43.9 Å². The predicted molar refractivity (Wildman–Crippen MR) is 131 cm³/mol. The fourth-order valence-corrected chi connectivity index (χ4v) is 3.97. The summed E-state index contributed by atoms with van der Waals surface area (Å²) in [5, 5.41) is 14.4. The van der Waals surface area contributed by atoms with Gasteiger partial charge in [-0.3, -0.25) is 4.79 Å². The van der Waals surface area contributed by atoms with E-state index in [1.165, 1.54) is 12.1 Å². The van der Waals surface area contributed by atoms with E-state index < -0.39 is 29.7 Å². The summed E-state index contributed by atoms with van der Waals surface area (Å²) < 4.78 is 59.0. The minimum absolute atomic E-state index is 0.0805. The molecule has 0 aliphatic heterocycles. The molecule has 1 fully saturated rings. The number of carbonyl (C=O) groups excluding carboxylic acids is 1. The number of nitrogens with zero attached hydrogens (tertiary/aromatic N) is 3. The van der Waals surface area contributed by atoms with Gasteiger partial charge in [-0.2, -0.15) is 18.2 Å². The molecule has 8 nitrogen and oxygen atoms in total. The molecule has 1 aliphatic rings. The molecule has 1 aliphatic carbocycles. The first kappa shape index (κ1) is 28.5. The second kappa shape index (κ2) is 12.0. The van der Waals surface area contributed by atoms with Crippen molar-refractivity contribution < 1.29 is 36.6 Å². The lowest BCUT2D eigenvalue weighted by atomic mass is 9.91. The largest absolute Gasteiger partial charge is 0.490 e. The SMILES string of the molecule is CN(C)c1nc(NC2CCC(NC(=O)c3cccc(F)c3F)CC2)nc2ccccc12.O=C(O)C(F)(F)F. The number of para-hydroxylation sites is 1. The van der Waals surface area contributed by atoms with Gasteiger partial charge in [0.2, 0.25) is 5.95 Å². The standard InChI is InChI=1S/C23H25F2N5O.C2HF3O2/c1-30(2)21-16-6-3-4-9-19(16)28-23(29-21)27-15-12-10-14(11-13-15)26-22(31)17-7-5-8-18(24)20(17)25;3-2(4,5)1(6)7/h3-9,14-15H,10-13H2,1-2H3,(H,26,31)(H,27,28,29);(H,6,7). The summed E-state index contributed by atoms with van der Waals surface area (Å²) in [4.78, 5) is 32.5. The number of halogens is 5. The summed E-state index contributed by atoms with van der Waals surface area (Å²) in [6, 6.07) is 11.6. The number of aliphatic carboxylic acids is 1. The van der Waals surface area contributed by atoms with Crippen LogP contribution in [0.3, 0.4) is 0 Å². The third kappa shape index (κ3) is 7.26. The number of carboxylic acid groups (broad SMARTS) is 1. The number of anilines is 2. The highest BCUT2D eigenvalue weighted by Gasteiger charge is 2.38. The maximum absolute atomic E-state index is 13.8. The van der Waals surface area contributed by atoms with Crippen LogP contribution in [0.5, 0.6) is 0 Å². The van der Waals surface area contributed by atoms with Crippen LogP contribution in [-0.4, -0.2) is 59.3 Å². The third-order valence-electron chi connectivity index (χ3n) is 5.84.